The summed E-state index contributed by atoms with van der Waals surface area (Å²) < 4.78 is 6.08. The number of aromatic nitrogens is 1. The minimum absolute atomic E-state index is 0.0716. The maximum Gasteiger partial charge on any atom is 0.411 e. The van der Waals surface area contributed by atoms with Gasteiger partial charge in [0.05, 0.1) is 6.04 Å². The van der Waals surface area contributed by atoms with Crippen LogP contribution in [0.5, 0.6) is 0 Å². The first-order valence-electron chi connectivity index (χ1n) is 11.0. The molecule has 1 fully saturated rings. The molecule has 0 aliphatic carbocycles. The summed E-state index contributed by atoms with van der Waals surface area (Å²) in [4.78, 5) is 19.0. The zero-order chi connectivity index (χ0) is 22.6. The number of ether oxygens (including phenoxy) is 1. The fourth-order valence-electron chi connectivity index (χ4n) is 4.36. The third-order valence-corrected chi connectivity index (χ3v) is 6.29. The molecule has 32 heavy (non-hydrogen) atoms. The van der Waals surface area contributed by atoms with Crippen LogP contribution < -0.4 is 5.73 Å². The van der Waals surface area contributed by atoms with E-state index >= 15 is 0 Å². The number of hydrogen-bond donors (Lipinski definition) is 2. The van der Waals surface area contributed by atoms with Crippen molar-refractivity contribution >= 4 is 11.9 Å². The first-order chi connectivity index (χ1) is 15.5. The number of amides is 1. The van der Waals surface area contributed by atoms with Gasteiger partial charge in [-0.1, -0.05) is 54.6 Å². The Morgan fingerprint density at radius 1 is 1.09 bits per heavy atom. The molecule has 166 valence electrons. The number of pyridine rings is 1. The Balaban J connectivity index is 1.50. The van der Waals surface area contributed by atoms with E-state index in [2.05, 4.69) is 4.98 Å². The number of nitrogens with two attached hydrogens (primary N) is 1. The van der Waals surface area contributed by atoms with Crippen molar-refractivity contribution in [3.63, 3.8) is 0 Å². The summed E-state index contributed by atoms with van der Waals surface area (Å²) in [5, 5.41) is 9.37. The van der Waals surface area contributed by atoms with E-state index in [9.17, 15) is 9.90 Å². The molecule has 3 aromatic rings. The lowest BCUT2D eigenvalue weighted by molar-refractivity contribution is -0.0680. The van der Waals surface area contributed by atoms with Crippen molar-refractivity contribution in [1.82, 2.24) is 9.88 Å². The third-order valence-electron chi connectivity index (χ3n) is 6.29. The second-order valence-electron chi connectivity index (χ2n) is 8.27. The van der Waals surface area contributed by atoms with Crippen molar-refractivity contribution in [3.8, 4) is 11.1 Å². The smallest absolute Gasteiger partial charge is 0.411 e. The zero-order valence-corrected chi connectivity index (χ0v) is 18.3. The number of rotatable bonds is 7. The molecule has 1 saturated heterocycles. The van der Waals surface area contributed by atoms with Gasteiger partial charge in [-0.25, -0.2) is 9.78 Å². The van der Waals surface area contributed by atoms with Crippen LogP contribution in [0.15, 0.2) is 72.9 Å². The summed E-state index contributed by atoms with van der Waals surface area (Å²) in [6.07, 6.45) is 3.30. The summed E-state index contributed by atoms with van der Waals surface area (Å²) in [6.45, 7) is 2.68. The van der Waals surface area contributed by atoms with E-state index in [1.807, 2.05) is 67.6 Å². The lowest BCUT2D eigenvalue weighted by Gasteiger charge is -2.43. The molecule has 2 atom stereocenters. The molecule has 0 bridgehead atoms. The predicted octanol–water partition coefficient (Wildman–Crippen LogP) is 4.90. The topological polar surface area (TPSA) is 88.7 Å². The van der Waals surface area contributed by atoms with Gasteiger partial charge in [0.1, 0.15) is 11.4 Å². The number of cyclic esters (lactones) is 1. The summed E-state index contributed by atoms with van der Waals surface area (Å²) in [6, 6.07) is 21.6. The SMILES string of the molecule is CC(c1ccc(-c2ccc(N)nc2)cc1)N1CCC(CCCO)(c2ccccc2)OC1=O. The number of hydrogen-bond acceptors (Lipinski definition) is 5. The molecule has 1 aliphatic rings. The first-order valence-corrected chi connectivity index (χ1v) is 11.0. The highest BCUT2D eigenvalue weighted by molar-refractivity contribution is 5.70. The summed E-state index contributed by atoms with van der Waals surface area (Å²) >= 11 is 0. The number of nitrogen functional groups attached to an aromatic ring is 1. The largest absolute Gasteiger partial charge is 0.438 e. The van der Waals surface area contributed by atoms with E-state index in [1.54, 1.807) is 17.2 Å². The van der Waals surface area contributed by atoms with E-state index in [-0.39, 0.29) is 18.7 Å². The summed E-state index contributed by atoms with van der Waals surface area (Å²) in [5.41, 5.74) is 9.04. The van der Waals surface area contributed by atoms with Crippen LogP contribution in [0.4, 0.5) is 10.6 Å². The van der Waals surface area contributed by atoms with Gasteiger partial charge in [0, 0.05) is 31.3 Å². The Morgan fingerprint density at radius 3 is 2.44 bits per heavy atom. The summed E-state index contributed by atoms with van der Waals surface area (Å²) in [5.74, 6) is 0.494. The standard InChI is InChI=1S/C26H29N3O3/c1-19(20-8-10-21(11-9-20)22-12-13-24(27)28-18-22)29-16-15-26(14-5-17-30,32-25(29)31)23-6-3-2-4-7-23/h2-4,6-13,18-19,30H,5,14-17H2,1H3,(H2,27,28). The molecular weight excluding hydrogens is 402 g/mol. The number of benzene rings is 2. The van der Waals surface area contributed by atoms with Gasteiger partial charge in [0.2, 0.25) is 0 Å². The predicted molar refractivity (Wildman–Crippen MR) is 125 cm³/mol. The van der Waals surface area contributed by atoms with Gasteiger partial charge in [-0.3, -0.25) is 0 Å². The van der Waals surface area contributed by atoms with Gasteiger partial charge in [0.15, 0.2) is 0 Å². The fourth-order valence-corrected chi connectivity index (χ4v) is 4.36. The van der Waals surface area contributed by atoms with Crippen molar-refractivity contribution in [1.29, 1.82) is 0 Å². The lowest BCUT2D eigenvalue weighted by Crippen LogP contribution is -2.48. The van der Waals surface area contributed by atoms with Crippen LogP contribution in [0, 0.1) is 0 Å². The average Bonchev–Trinajstić information content (AvgIpc) is 2.83. The lowest BCUT2D eigenvalue weighted by atomic mass is 9.84. The van der Waals surface area contributed by atoms with Crippen molar-refractivity contribution < 1.29 is 14.6 Å². The van der Waals surface area contributed by atoms with Gasteiger partial charge in [-0.05, 0) is 48.6 Å². The van der Waals surface area contributed by atoms with Crippen LogP contribution in [0.1, 0.15) is 43.4 Å². The van der Waals surface area contributed by atoms with Crippen molar-refractivity contribution in [2.75, 3.05) is 18.9 Å². The molecule has 2 aromatic carbocycles. The molecular formula is C26H29N3O3. The highest BCUT2D eigenvalue weighted by Gasteiger charge is 2.43. The van der Waals surface area contributed by atoms with Crippen molar-refractivity contribution in [2.24, 2.45) is 0 Å². The molecule has 1 aliphatic heterocycles. The van der Waals surface area contributed by atoms with Crippen molar-refractivity contribution in [2.45, 2.75) is 37.8 Å². The summed E-state index contributed by atoms with van der Waals surface area (Å²) in [7, 11) is 0. The van der Waals surface area contributed by atoms with Crippen LogP contribution in [0.25, 0.3) is 11.1 Å². The third kappa shape index (κ3) is 4.46. The first kappa shape index (κ1) is 21.8. The molecule has 2 unspecified atom stereocenters. The molecule has 0 radical (unpaired) electrons. The number of nitrogens with zero attached hydrogens (tertiary/aromatic N) is 2. The van der Waals surface area contributed by atoms with Gasteiger partial charge < -0.3 is 20.5 Å². The number of carbonyl (C=O) groups is 1. The second-order valence-corrected chi connectivity index (χ2v) is 8.27. The Bertz CT molecular complexity index is 1040. The van der Waals surface area contributed by atoms with Gasteiger partial charge in [-0.15, -0.1) is 0 Å². The monoisotopic (exact) mass is 431 g/mol. The molecule has 4 rings (SSSR count). The van der Waals surface area contributed by atoms with Gasteiger partial charge in [0.25, 0.3) is 0 Å². The molecule has 3 N–H and O–H groups in total. The number of aliphatic hydroxyl groups excluding tert-OH is 1. The van der Waals surface area contributed by atoms with E-state index in [1.165, 1.54) is 0 Å². The van der Waals surface area contributed by atoms with E-state index in [0.29, 0.717) is 31.6 Å². The molecule has 0 saturated carbocycles. The van der Waals surface area contributed by atoms with Gasteiger partial charge >= 0.3 is 6.09 Å². The minimum atomic E-state index is -0.691. The van der Waals surface area contributed by atoms with Gasteiger partial charge in [-0.2, -0.15) is 0 Å². The minimum Gasteiger partial charge on any atom is -0.438 e. The average molecular weight is 432 g/mol. The number of carbonyl (C=O) groups excluding carboxylic acids is 1. The molecule has 6 nitrogen and oxygen atoms in total. The number of aliphatic hydroxyl groups is 1. The maximum atomic E-state index is 13.1. The van der Waals surface area contributed by atoms with E-state index in [4.69, 9.17) is 10.5 Å². The van der Waals surface area contributed by atoms with Crippen LogP contribution in [-0.2, 0) is 10.3 Å². The molecule has 6 heteroatoms. The Labute approximate surface area is 188 Å². The molecule has 2 heterocycles. The highest BCUT2D eigenvalue weighted by atomic mass is 16.6. The van der Waals surface area contributed by atoms with Crippen LogP contribution >= 0.6 is 0 Å². The zero-order valence-electron chi connectivity index (χ0n) is 18.3. The van der Waals surface area contributed by atoms with Crippen LogP contribution in [-0.4, -0.2) is 34.2 Å². The molecule has 1 aromatic heterocycles. The van der Waals surface area contributed by atoms with E-state index < -0.39 is 5.60 Å². The number of anilines is 1. The fraction of sp³-hybridized carbons (Fsp3) is 0.308. The Morgan fingerprint density at radius 2 is 1.81 bits per heavy atom. The normalized spacial score (nSPS) is 19.4. The maximum absolute atomic E-state index is 13.1. The highest BCUT2D eigenvalue weighted by Crippen LogP contribution is 2.40. The molecule has 0 spiro atoms. The van der Waals surface area contributed by atoms with Crippen LogP contribution in [0.3, 0.4) is 0 Å². The Kier molecular flexibility index (Phi) is 6.42. The van der Waals surface area contributed by atoms with Crippen LogP contribution in [0.2, 0.25) is 0 Å². The molecule has 1 amide bonds. The van der Waals surface area contributed by atoms with E-state index in [0.717, 1.165) is 22.3 Å². The van der Waals surface area contributed by atoms with Crippen molar-refractivity contribution in [3.05, 3.63) is 84.1 Å². The Hall–Kier alpha value is -3.38. The second kappa shape index (κ2) is 9.40. The quantitative estimate of drug-likeness (QED) is 0.555.